The Hall–Kier alpha value is -3.69. The van der Waals surface area contributed by atoms with E-state index in [-0.39, 0.29) is 21.7 Å². The summed E-state index contributed by atoms with van der Waals surface area (Å²) in [6.45, 7) is 1.13. The molecule has 3 rings (SSSR count). The Morgan fingerprint density at radius 1 is 1.06 bits per heavy atom. The van der Waals surface area contributed by atoms with Crippen LogP contribution in [0.25, 0.3) is 0 Å². The number of halogens is 1. The summed E-state index contributed by atoms with van der Waals surface area (Å²) in [5.41, 5.74) is 3.40. The van der Waals surface area contributed by atoms with E-state index in [0.717, 1.165) is 4.31 Å². The summed E-state index contributed by atoms with van der Waals surface area (Å²) >= 11 is 6.09. The first-order valence-corrected chi connectivity index (χ1v) is 11.5. The Morgan fingerprint density at radius 3 is 2.42 bits per heavy atom. The standard InChI is InChI=1S/C23H20ClN3O5S/c1-16-11-12-18(24)13-21(16)27(33(31,32)19-8-3-2-4-9-19)15-22(28)26-25-14-17-7-5-6-10-20(17)23(29)30/h2-14H,15H2,1H3,(H,26,28)(H,29,30)/b25-14-. The van der Waals surface area contributed by atoms with Gasteiger partial charge in [0.15, 0.2) is 0 Å². The summed E-state index contributed by atoms with van der Waals surface area (Å²) in [4.78, 5) is 23.9. The number of aryl methyl sites for hydroxylation is 1. The highest BCUT2D eigenvalue weighted by molar-refractivity contribution is 7.92. The van der Waals surface area contributed by atoms with Crippen LogP contribution >= 0.6 is 11.6 Å². The maximum atomic E-state index is 13.3. The highest BCUT2D eigenvalue weighted by Crippen LogP contribution is 2.29. The summed E-state index contributed by atoms with van der Waals surface area (Å²) < 4.78 is 27.6. The van der Waals surface area contributed by atoms with Crippen LogP contribution in [0.3, 0.4) is 0 Å². The van der Waals surface area contributed by atoms with Crippen LogP contribution in [0.1, 0.15) is 21.5 Å². The maximum absolute atomic E-state index is 13.3. The van der Waals surface area contributed by atoms with Gasteiger partial charge in [0.05, 0.1) is 22.4 Å². The highest BCUT2D eigenvalue weighted by atomic mass is 35.5. The molecule has 0 radical (unpaired) electrons. The Balaban J connectivity index is 1.89. The van der Waals surface area contributed by atoms with E-state index in [4.69, 9.17) is 11.6 Å². The summed E-state index contributed by atoms with van der Waals surface area (Å²) in [6.07, 6.45) is 1.18. The van der Waals surface area contributed by atoms with Gasteiger partial charge in [0.25, 0.3) is 15.9 Å². The number of amides is 1. The van der Waals surface area contributed by atoms with Crippen LogP contribution in [-0.4, -0.2) is 38.2 Å². The molecule has 2 N–H and O–H groups in total. The minimum Gasteiger partial charge on any atom is -0.478 e. The topological polar surface area (TPSA) is 116 Å². The quantitative estimate of drug-likeness (QED) is 0.373. The van der Waals surface area contributed by atoms with Crippen molar-refractivity contribution in [3.05, 3.63) is 94.5 Å². The van der Waals surface area contributed by atoms with Gasteiger partial charge in [-0.25, -0.2) is 18.6 Å². The number of carbonyl (C=O) groups is 2. The molecule has 0 saturated heterocycles. The molecule has 0 unspecified atom stereocenters. The first-order valence-electron chi connectivity index (χ1n) is 9.68. The van der Waals surface area contributed by atoms with E-state index in [2.05, 4.69) is 10.5 Å². The van der Waals surface area contributed by atoms with Gasteiger partial charge in [0.2, 0.25) is 0 Å². The van der Waals surface area contributed by atoms with Crippen LogP contribution in [0.5, 0.6) is 0 Å². The number of hydrogen-bond acceptors (Lipinski definition) is 5. The molecule has 0 aromatic heterocycles. The largest absolute Gasteiger partial charge is 0.478 e. The molecule has 1 amide bonds. The zero-order chi connectivity index (χ0) is 24.0. The van der Waals surface area contributed by atoms with Gasteiger partial charge in [0, 0.05) is 10.6 Å². The van der Waals surface area contributed by atoms with Gasteiger partial charge in [-0.3, -0.25) is 9.10 Å². The number of aromatic carboxylic acids is 1. The van der Waals surface area contributed by atoms with Crippen LogP contribution in [0.4, 0.5) is 5.69 Å². The number of carboxylic acids is 1. The third-order valence-electron chi connectivity index (χ3n) is 4.64. The molecule has 0 spiro atoms. The van der Waals surface area contributed by atoms with E-state index in [1.807, 2.05) is 0 Å². The van der Waals surface area contributed by atoms with Gasteiger partial charge >= 0.3 is 5.97 Å². The predicted molar refractivity (Wildman–Crippen MR) is 126 cm³/mol. The van der Waals surface area contributed by atoms with Gasteiger partial charge < -0.3 is 5.11 Å². The molecule has 0 bridgehead atoms. The molecular weight excluding hydrogens is 466 g/mol. The number of benzene rings is 3. The monoisotopic (exact) mass is 485 g/mol. The zero-order valence-corrected chi connectivity index (χ0v) is 19.0. The van der Waals surface area contributed by atoms with Crippen molar-refractivity contribution in [2.45, 2.75) is 11.8 Å². The fourth-order valence-corrected chi connectivity index (χ4v) is 4.68. The molecule has 0 aliphatic rings. The van der Waals surface area contributed by atoms with Crippen LogP contribution in [0.15, 0.2) is 82.8 Å². The molecule has 0 saturated carbocycles. The fraction of sp³-hybridized carbons (Fsp3) is 0.0870. The average molecular weight is 486 g/mol. The molecule has 170 valence electrons. The number of rotatable bonds is 8. The molecular formula is C23H20ClN3O5S. The maximum Gasteiger partial charge on any atom is 0.336 e. The summed E-state index contributed by atoms with van der Waals surface area (Å²) in [5.74, 6) is -1.86. The van der Waals surface area contributed by atoms with Crippen molar-refractivity contribution >= 4 is 45.4 Å². The minimum absolute atomic E-state index is 0.0102. The van der Waals surface area contributed by atoms with E-state index in [0.29, 0.717) is 10.6 Å². The van der Waals surface area contributed by atoms with E-state index in [9.17, 15) is 23.1 Å². The van der Waals surface area contributed by atoms with Crippen LogP contribution < -0.4 is 9.73 Å². The molecule has 0 fully saturated rings. The first-order chi connectivity index (χ1) is 15.7. The Bertz CT molecular complexity index is 1310. The van der Waals surface area contributed by atoms with Crippen molar-refractivity contribution in [1.29, 1.82) is 0 Å². The fourth-order valence-electron chi connectivity index (χ4n) is 3.01. The summed E-state index contributed by atoms with van der Waals surface area (Å²) in [6, 6.07) is 18.6. The Morgan fingerprint density at radius 2 is 1.73 bits per heavy atom. The smallest absolute Gasteiger partial charge is 0.336 e. The lowest BCUT2D eigenvalue weighted by Crippen LogP contribution is -2.40. The number of anilines is 1. The van der Waals surface area contributed by atoms with Gasteiger partial charge in [-0.2, -0.15) is 5.10 Å². The van der Waals surface area contributed by atoms with E-state index in [1.54, 1.807) is 49.4 Å². The molecule has 3 aromatic carbocycles. The number of hydrogen-bond donors (Lipinski definition) is 2. The van der Waals surface area contributed by atoms with E-state index < -0.39 is 28.4 Å². The molecule has 0 atom stereocenters. The van der Waals surface area contributed by atoms with Gasteiger partial charge in [-0.05, 0) is 42.8 Å². The minimum atomic E-state index is -4.10. The molecule has 33 heavy (non-hydrogen) atoms. The van der Waals surface area contributed by atoms with Crippen molar-refractivity contribution < 1.29 is 23.1 Å². The number of carbonyl (C=O) groups excluding carboxylic acids is 1. The zero-order valence-electron chi connectivity index (χ0n) is 17.5. The molecule has 0 heterocycles. The van der Waals surface area contributed by atoms with Crippen molar-refractivity contribution in [1.82, 2.24) is 5.43 Å². The second-order valence-electron chi connectivity index (χ2n) is 6.94. The third-order valence-corrected chi connectivity index (χ3v) is 6.65. The van der Waals surface area contributed by atoms with Crippen molar-refractivity contribution in [3.63, 3.8) is 0 Å². The lowest BCUT2D eigenvalue weighted by Gasteiger charge is -2.25. The van der Waals surface area contributed by atoms with E-state index >= 15 is 0 Å². The highest BCUT2D eigenvalue weighted by Gasteiger charge is 2.28. The second kappa shape index (κ2) is 10.3. The summed E-state index contributed by atoms with van der Waals surface area (Å²) in [7, 11) is -4.10. The molecule has 8 nitrogen and oxygen atoms in total. The SMILES string of the molecule is Cc1ccc(Cl)cc1N(CC(=O)N/N=C\c1ccccc1C(=O)O)S(=O)(=O)c1ccccc1. The molecule has 10 heteroatoms. The average Bonchev–Trinajstić information content (AvgIpc) is 2.80. The van der Waals surface area contributed by atoms with Gasteiger partial charge in [-0.15, -0.1) is 0 Å². The number of carboxylic acid groups (broad SMARTS) is 1. The lowest BCUT2D eigenvalue weighted by atomic mass is 10.1. The number of hydrazone groups is 1. The van der Waals surface area contributed by atoms with Crippen molar-refractivity contribution in [3.8, 4) is 0 Å². The normalized spacial score (nSPS) is 11.3. The Labute approximate surface area is 196 Å². The number of nitrogens with one attached hydrogen (secondary N) is 1. The summed E-state index contributed by atoms with van der Waals surface area (Å²) in [5, 5.41) is 13.3. The molecule has 3 aromatic rings. The van der Waals surface area contributed by atoms with Crippen molar-refractivity contribution in [2.75, 3.05) is 10.8 Å². The van der Waals surface area contributed by atoms with E-state index in [1.165, 1.54) is 36.5 Å². The predicted octanol–water partition coefficient (Wildman–Crippen LogP) is 3.69. The van der Waals surface area contributed by atoms with Crippen LogP contribution in [0.2, 0.25) is 5.02 Å². The van der Waals surface area contributed by atoms with Crippen LogP contribution in [-0.2, 0) is 14.8 Å². The first kappa shape index (κ1) is 24.0. The Kier molecular flexibility index (Phi) is 7.47. The lowest BCUT2D eigenvalue weighted by molar-refractivity contribution is -0.119. The molecule has 0 aliphatic heterocycles. The molecule has 0 aliphatic carbocycles. The van der Waals surface area contributed by atoms with Crippen molar-refractivity contribution in [2.24, 2.45) is 5.10 Å². The second-order valence-corrected chi connectivity index (χ2v) is 9.24. The number of sulfonamides is 1. The number of nitrogens with zero attached hydrogens (tertiary/aromatic N) is 2. The van der Waals surface area contributed by atoms with Gasteiger partial charge in [0.1, 0.15) is 6.54 Å². The van der Waals surface area contributed by atoms with Gasteiger partial charge in [-0.1, -0.05) is 54.1 Å². The third kappa shape index (κ3) is 5.76. The van der Waals surface area contributed by atoms with Crippen LogP contribution in [0, 0.1) is 6.92 Å².